The minimum atomic E-state index is -0.681. The second kappa shape index (κ2) is 10.6. The Morgan fingerprint density at radius 1 is 1.19 bits per heavy atom. The van der Waals surface area contributed by atoms with Crippen molar-refractivity contribution in [3.05, 3.63) is 11.6 Å². The second-order valence-electron chi connectivity index (χ2n) is 7.94. The highest BCUT2D eigenvalue weighted by Gasteiger charge is 2.25. The molecule has 154 valence electrons. The van der Waals surface area contributed by atoms with E-state index in [0.29, 0.717) is 19.1 Å². The molecule has 1 aliphatic rings. The van der Waals surface area contributed by atoms with Crippen LogP contribution in [0, 0.1) is 6.92 Å². The van der Waals surface area contributed by atoms with Crippen LogP contribution in [-0.4, -0.2) is 44.0 Å². The molecule has 7 heteroatoms. The SMILES string of the molecule is CCCC(O)(CCC)CNC(=NCc1nnc(C)n1C)NC1CCCCC1. The maximum Gasteiger partial charge on any atom is 0.192 e. The molecule has 0 aromatic carbocycles. The van der Waals surface area contributed by atoms with Crippen molar-refractivity contribution in [2.75, 3.05) is 6.54 Å². The lowest BCUT2D eigenvalue weighted by Gasteiger charge is -2.30. The van der Waals surface area contributed by atoms with Crippen LogP contribution in [0.5, 0.6) is 0 Å². The molecule has 0 radical (unpaired) electrons. The predicted octanol–water partition coefficient (Wildman–Crippen LogP) is 2.82. The van der Waals surface area contributed by atoms with Crippen LogP contribution >= 0.6 is 0 Å². The summed E-state index contributed by atoms with van der Waals surface area (Å²) in [5.41, 5.74) is -0.681. The summed E-state index contributed by atoms with van der Waals surface area (Å²) in [4.78, 5) is 4.75. The Labute approximate surface area is 164 Å². The molecule has 0 aliphatic heterocycles. The number of aryl methyl sites for hydroxylation is 1. The van der Waals surface area contributed by atoms with Crippen molar-refractivity contribution < 1.29 is 5.11 Å². The lowest BCUT2D eigenvalue weighted by molar-refractivity contribution is 0.0256. The zero-order valence-electron chi connectivity index (χ0n) is 17.6. The fourth-order valence-corrected chi connectivity index (χ4v) is 3.81. The van der Waals surface area contributed by atoms with E-state index in [1.807, 2.05) is 18.5 Å². The van der Waals surface area contributed by atoms with Crippen LogP contribution in [0.3, 0.4) is 0 Å². The highest BCUT2D eigenvalue weighted by Crippen LogP contribution is 2.19. The summed E-state index contributed by atoms with van der Waals surface area (Å²) in [6, 6.07) is 0.455. The maximum absolute atomic E-state index is 10.9. The van der Waals surface area contributed by atoms with Crippen molar-refractivity contribution in [2.45, 2.75) is 96.7 Å². The Hall–Kier alpha value is -1.63. The molecule has 27 heavy (non-hydrogen) atoms. The van der Waals surface area contributed by atoms with E-state index in [4.69, 9.17) is 4.99 Å². The summed E-state index contributed by atoms with van der Waals surface area (Å²) in [5.74, 6) is 2.50. The first kappa shape index (κ1) is 21.7. The van der Waals surface area contributed by atoms with Crippen LogP contribution < -0.4 is 10.6 Å². The topological polar surface area (TPSA) is 87.4 Å². The van der Waals surface area contributed by atoms with E-state index in [1.165, 1.54) is 32.1 Å². The standard InChI is InChI=1S/C20H38N6O/c1-5-12-20(27,13-6-2)15-22-19(23-17-10-8-7-9-11-17)21-14-18-25-24-16(3)26(18)4/h17,27H,5-15H2,1-4H3,(H2,21,22,23). The molecule has 1 aliphatic carbocycles. The van der Waals surface area contributed by atoms with Gasteiger partial charge < -0.3 is 20.3 Å². The summed E-state index contributed by atoms with van der Waals surface area (Å²) < 4.78 is 1.96. The molecule has 1 saturated carbocycles. The Balaban J connectivity index is 2.05. The number of rotatable bonds is 9. The third-order valence-electron chi connectivity index (χ3n) is 5.52. The van der Waals surface area contributed by atoms with Gasteiger partial charge in [-0.25, -0.2) is 4.99 Å². The van der Waals surface area contributed by atoms with Crippen molar-refractivity contribution in [3.8, 4) is 0 Å². The van der Waals surface area contributed by atoms with Crippen molar-refractivity contribution in [1.29, 1.82) is 0 Å². The van der Waals surface area contributed by atoms with Gasteiger partial charge in [0.25, 0.3) is 0 Å². The van der Waals surface area contributed by atoms with E-state index in [1.54, 1.807) is 0 Å². The van der Waals surface area contributed by atoms with E-state index in [0.717, 1.165) is 43.3 Å². The minimum absolute atomic E-state index is 0.455. The zero-order chi connectivity index (χ0) is 19.7. The van der Waals surface area contributed by atoms with Crippen molar-refractivity contribution in [2.24, 2.45) is 12.0 Å². The molecule has 1 fully saturated rings. The molecule has 0 saturated heterocycles. The Morgan fingerprint density at radius 2 is 1.85 bits per heavy atom. The van der Waals surface area contributed by atoms with Crippen LogP contribution in [0.2, 0.25) is 0 Å². The van der Waals surface area contributed by atoms with Crippen molar-refractivity contribution >= 4 is 5.96 Å². The van der Waals surface area contributed by atoms with E-state index in [2.05, 4.69) is 34.7 Å². The third kappa shape index (κ3) is 6.79. The van der Waals surface area contributed by atoms with Crippen molar-refractivity contribution in [3.63, 3.8) is 0 Å². The van der Waals surface area contributed by atoms with Gasteiger partial charge in [0.15, 0.2) is 11.8 Å². The number of guanidine groups is 1. The molecular weight excluding hydrogens is 340 g/mol. The second-order valence-corrected chi connectivity index (χ2v) is 7.94. The lowest BCUT2D eigenvalue weighted by Crippen LogP contribution is -2.50. The van der Waals surface area contributed by atoms with Crippen molar-refractivity contribution in [1.82, 2.24) is 25.4 Å². The summed E-state index contributed by atoms with van der Waals surface area (Å²) >= 11 is 0. The van der Waals surface area contributed by atoms with E-state index in [9.17, 15) is 5.11 Å². The molecule has 0 spiro atoms. The molecule has 1 aromatic heterocycles. The quantitative estimate of drug-likeness (QED) is 0.454. The van der Waals surface area contributed by atoms with E-state index < -0.39 is 5.60 Å². The zero-order valence-corrected chi connectivity index (χ0v) is 17.6. The van der Waals surface area contributed by atoms with E-state index >= 15 is 0 Å². The number of hydrogen-bond donors (Lipinski definition) is 3. The van der Waals surface area contributed by atoms with Crippen LogP contribution in [-0.2, 0) is 13.6 Å². The first-order valence-electron chi connectivity index (χ1n) is 10.6. The first-order chi connectivity index (χ1) is 13.0. The molecule has 0 amide bonds. The van der Waals surface area contributed by atoms with Gasteiger partial charge in [0.05, 0.1) is 5.60 Å². The normalized spacial score (nSPS) is 16.6. The van der Waals surface area contributed by atoms with Gasteiger partial charge in [0.2, 0.25) is 0 Å². The van der Waals surface area contributed by atoms with Gasteiger partial charge in [0, 0.05) is 19.6 Å². The molecule has 7 nitrogen and oxygen atoms in total. The minimum Gasteiger partial charge on any atom is -0.388 e. The maximum atomic E-state index is 10.9. The van der Waals surface area contributed by atoms with Crippen LogP contribution in [0.25, 0.3) is 0 Å². The summed E-state index contributed by atoms with van der Waals surface area (Å²) in [6.45, 7) is 7.17. The molecular formula is C20H38N6O. The average Bonchev–Trinajstić information content (AvgIpc) is 2.97. The first-order valence-corrected chi connectivity index (χ1v) is 10.6. The van der Waals surface area contributed by atoms with Crippen LogP contribution in [0.15, 0.2) is 4.99 Å². The van der Waals surface area contributed by atoms with Gasteiger partial charge in [0.1, 0.15) is 12.4 Å². The van der Waals surface area contributed by atoms with Crippen LogP contribution in [0.1, 0.15) is 83.3 Å². The number of aliphatic imine (C=N–C) groups is 1. The van der Waals surface area contributed by atoms with Gasteiger partial charge in [-0.2, -0.15) is 0 Å². The highest BCUT2D eigenvalue weighted by molar-refractivity contribution is 5.80. The smallest absolute Gasteiger partial charge is 0.192 e. The summed E-state index contributed by atoms with van der Waals surface area (Å²) in [6.07, 6.45) is 9.75. The molecule has 1 heterocycles. The number of aromatic nitrogens is 3. The molecule has 0 bridgehead atoms. The predicted molar refractivity (Wildman–Crippen MR) is 110 cm³/mol. The number of aliphatic hydroxyl groups is 1. The molecule has 1 aromatic rings. The van der Waals surface area contributed by atoms with Gasteiger partial charge >= 0.3 is 0 Å². The largest absolute Gasteiger partial charge is 0.388 e. The molecule has 3 N–H and O–H groups in total. The molecule has 0 atom stereocenters. The lowest BCUT2D eigenvalue weighted by atomic mass is 9.92. The monoisotopic (exact) mass is 378 g/mol. The van der Waals surface area contributed by atoms with Gasteiger partial charge in [-0.3, -0.25) is 0 Å². The van der Waals surface area contributed by atoms with Gasteiger partial charge in [-0.1, -0.05) is 46.0 Å². The average molecular weight is 379 g/mol. The summed E-state index contributed by atoms with van der Waals surface area (Å²) in [7, 11) is 1.96. The Kier molecular flexibility index (Phi) is 8.54. The number of nitrogens with one attached hydrogen (secondary N) is 2. The van der Waals surface area contributed by atoms with E-state index in [-0.39, 0.29) is 0 Å². The number of hydrogen-bond acceptors (Lipinski definition) is 4. The fraction of sp³-hybridized carbons (Fsp3) is 0.850. The molecule has 0 unspecified atom stereocenters. The Bertz CT molecular complexity index is 585. The van der Waals surface area contributed by atoms with Gasteiger partial charge in [-0.15, -0.1) is 10.2 Å². The fourth-order valence-electron chi connectivity index (χ4n) is 3.81. The number of nitrogens with zero attached hydrogens (tertiary/aromatic N) is 4. The third-order valence-corrected chi connectivity index (χ3v) is 5.52. The Morgan fingerprint density at radius 3 is 2.41 bits per heavy atom. The van der Waals surface area contributed by atoms with Gasteiger partial charge in [-0.05, 0) is 32.6 Å². The molecule has 2 rings (SSSR count). The summed E-state index contributed by atoms with van der Waals surface area (Å²) in [5, 5.41) is 26.2. The van der Waals surface area contributed by atoms with Crippen LogP contribution in [0.4, 0.5) is 0 Å². The highest BCUT2D eigenvalue weighted by atomic mass is 16.3.